The number of ether oxygens (including phenoxy) is 2. The molecule has 66 heavy (non-hydrogen) atoms. The number of carbonyl (C=O) groups excluding carboxylic acids is 4. The number of β-amino-alcohol motifs (C(OH)–C–C–N with tert-alkyl or cyclic N) is 1. The van der Waals surface area contributed by atoms with Gasteiger partial charge in [-0.1, -0.05) is 115 Å². The molecular weight excluding hydrogens is 874 g/mol. The van der Waals surface area contributed by atoms with Crippen molar-refractivity contribution in [1.29, 1.82) is 5.26 Å². The number of nitrogens with zero attached hydrogens (tertiary/aromatic N) is 3. The molecule has 1 aliphatic heterocycles. The molecule has 0 spiro atoms. The largest absolute Gasteiger partial charge is 0.489 e. The molecule has 3 N–H and O–H groups in total. The molecule has 4 aromatic rings. The Kier molecular flexibility index (Phi) is 16.8. The lowest BCUT2D eigenvalue weighted by Gasteiger charge is -2.63. The number of aromatic nitrogens is 1. The second-order valence-electron chi connectivity index (χ2n) is 19.4. The van der Waals surface area contributed by atoms with Crippen LogP contribution in [-0.4, -0.2) is 82.5 Å². The van der Waals surface area contributed by atoms with Crippen LogP contribution in [0.4, 0.5) is 0 Å². The predicted octanol–water partition coefficient (Wildman–Crippen LogP) is 8.88. The van der Waals surface area contributed by atoms with Crippen molar-refractivity contribution in [3.8, 4) is 22.3 Å². The molecule has 1 unspecified atom stereocenters. The summed E-state index contributed by atoms with van der Waals surface area (Å²) in [5.74, 6) is -0.589. The Morgan fingerprint density at radius 3 is 2.29 bits per heavy atom. The molecule has 1 aromatic heterocycles. The van der Waals surface area contributed by atoms with Gasteiger partial charge in [-0.05, 0) is 66.8 Å². The van der Waals surface area contributed by atoms with Crippen LogP contribution in [0.25, 0.3) is 10.4 Å². The maximum Gasteiger partial charge on any atom is 0.246 e. The number of benzene rings is 3. The lowest BCUT2D eigenvalue weighted by Crippen LogP contribution is -2.66. The van der Waals surface area contributed by atoms with Crippen molar-refractivity contribution in [2.24, 2.45) is 22.7 Å². The number of nitrogens with one attached hydrogen (secondary N) is 2. The van der Waals surface area contributed by atoms with Crippen molar-refractivity contribution in [3.05, 3.63) is 105 Å². The number of aliphatic hydroxyl groups excluding tert-OH is 1. The number of nitriles is 1. The highest BCUT2D eigenvalue weighted by atomic mass is 35.5. The number of unbranched alkanes of at least 4 members (excludes halogenated alkanes) is 3. The van der Waals surface area contributed by atoms with Gasteiger partial charge in [0.2, 0.25) is 17.7 Å². The quantitative estimate of drug-likeness (QED) is 0.0545. The minimum atomic E-state index is -0.880. The number of halogens is 1. The molecule has 1 aliphatic carbocycles. The van der Waals surface area contributed by atoms with E-state index in [2.05, 4.69) is 49.4 Å². The second-order valence-corrected chi connectivity index (χ2v) is 20.6. The summed E-state index contributed by atoms with van der Waals surface area (Å²) in [5.41, 5.74) is 6.52. The monoisotopic (exact) mass is 937 g/mol. The van der Waals surface area contributed by atoms with Crippen LogP contribution in [0.2, 0.25) is 5.02 Å². The Balaban J connectivity index is 0.864. The molecule has 2 heterocycles. The first-order chi connectivity index (χ1) is 31.4. The topological polar surface area (TPSA) is 171 Å². The SMILES string of the molecule is Cc1ncsc1-c1ccc(CNC(=O)C2C[C@@H](O)CN2C(=O)[C@@H](NC(=O)COCCCCCCc2ccc(C(=O)CC3C(C)(C)C(Oc4ccc(C#N)c(Cl)c4)C3(C)C)cc2)C(C)C)cc1. The maximum absolute atomic E-state index is 13.8. The number of thiazole rings is 1. The number of carbonyl (C=O) groups is 4. The number of hydrogen-bond acceptors (Lipinski definition) is 10. The van der Waals surface area contributed by atoms with Crippen LogP contribution < -0.4 is 15.4 Å². The Hall–Kier alpha value is -5.13. The van der Waals surface area contributed by atoms with Gasteiger partial charge in [-0.25, -0.2) is 4.98 Å². The van der Waals surface area contributed by atoms with E-state index in [9.17, 15) is 29.5 Å². The van der Waals surface area contributed by atoms with Gasteiger partial charge in [-0.3, -0.25) is 19.2 Å². The van der Waals surface area contributed by atoms with Gasteiger partial charge in [0, 0.05) is 55.0 Å². The summed E-state index contributed by atoms with van der Waals surface area (Å²) < 4.78 is 12.1. The van der Waals surface area contributed by atoms with E-state index in [0.717, 1.165) is 53.8 Å². The molecule has 0 bridgehead atoms. The summed E-state index contributed by atoms with van der Waals surface area (Å²) in [7, 11) is 0. The summed E-state index contributed by atoms with van der Waals surface area (Å²) in [6.45, 7) is 14.7. The number of aliphatic hydroxyl groups is 1. The molecule has 3 amide bonds. The highest BCUT2D eigenvalue weighted by Gasteiger charge is 2.63. The number of aryl methyl sites for hydroxylation is 2. The van der Waals surface area contributed by atoms with Crippen molar-refractivity contribution in [2.45, 2.75) is 124 Å². The molecule has 352 valence electrons. The predicted molar refractivity (Wildman–Crippen MR) is 257 cm³/mol. The summed E-state index contributed by atoms with van der Waals surface area (Å²) >= 11 is 7.83. The molecule has 3 atom stereocenters. The van der Waals surface area contributed by atoms with E-state index in [0.29, 0.717) is 34.9 Å². The van der Waals surface area contributed by atoms with Crippen molar-refractivity contribution >= 4 is 46.4 Å². The molecule has 14 heteroatoms. The third kappa shape index (κ3) is 12.1. The van der Waals surface area contributed by atoms with Crippen molar-refractivity contribution in [3.63, 3.8) is 0 Å². The van der Waals surface area contributed by atoms with Crippen LogP contribution in [0.15, 0.2) is 72.2 Å². The van der Waals surface area contributed by atoms with Gasteiger partial charge in [0.05, 0.1) is 32.8 Å². The van der Waals surface area contributed by atoms with Gasteiger partial charge in [-0.15, -0.1) is 11.3 Å². The van der Waals surface area contributed by atoms with Gasteiger partial charge >= 0.3 is 0 Å². The van der Waals surface area contributed by atoms with Gasteiger partial charge in [-0.2, -0.15) is 5.26 Å². The number of rotatable bonds is 21. The van der Waals surface area contributed by atoms with Crippen LogP contribution in [0.5, 0.6) is 5.75 Å². The summed E-state index contributed by atoms with van der Waals surface area (Å²) in [5, 5.41) is 25.8. The fourth-order valence-corrected chi connectivity index (χ4v) is 10.9. The van der Waals surface area contributed by atoms with Crippen LogP contribution in [-0.2, 0) is 32.1 Å². The first-order valence-corrected chi connectivity index (χ1v) is 24.3. The lowest BCUT2D eigenvalue weighted by molar-refractivity contribution is -0.196. The van der Waals surface area contributed by atoms with Crippen molar-refractivity contribution in [2.75, 3.05) is 19.8 Å². The fraction of sp³-hybridized carbons (Fsp3) is 0.500. The Bertz CT molecular complexity index is 2360. The highest BCUT2D eigenvalue weighted by Crippen LogP contribution is 2.61. The molecule has 12 nitrogen and oxygen atoms in total. The van der Waals surface area contributed by atoms with Gasteiger partial charge in [0.25, 0.3) is 0 Å². The molecular formula is C52H64ClN5O7S. The van der Waals surface area contributed by atoms with Crippen LogP contribution >= 0.6 is 22.9 Å². The molecule has 2 fully saturated rings. The Labute approximate surface area is 398 Å². The van der Waals surface area contributed by atoms with Gasteiger partial charge in [0.15, 0.2) is 5.78 Å². The van der Waals surface area contributed by atoms with E-state index in [1.165, 1.54) is 10.5 Å². The first kappa shape index (κ1) is 50.3. The van der Waals surface area contributed by atoms with Crippen LogP contribution in [0.3, 0.4) is 0 Å². The third-order valence-electron chi connectivity index (χ3n) is 13.4. The summed E-state index contributed by atoms with van der Waals surface area (Å²) in [6, 6.07) is 21.3. The minimum absolute atomic E-state index is 0.0102. The van der Waals surface area contributed by atoms with E-state index in [1.807, 2.05) is 74.8 Å². The molecule has 1 saturated heterocycles. The van der Waals surface area contributed by atoms with E-state index >= 15 is 0 Å². The zero-order valence-corrected chi connectivity index (χ0v) is 40.8. The minimum Gasteiger partial charge on any atom is -0.489 e. The fourth-order valence-electron chi connectivity index (χ4n) is 9.90. The first-order valence-electron chi connectivity index (χ1n) is 23.0. The van der Waals surface area contributed by atoms with Crippen LogP contribution in [0.1, 0.15) is 113 Å². The molecule has 3 aromatic carbocycles. The zero-order chi connectivity index (χ0) is 47.8. The van der Waals surface area contributed by atoms with E-state index < -0.39 is 30.0 Å². The van der Waals surface area contributed by atoms with Crippen LogP contribution in [0, 0.1) is 40.9 Å². The van der Waals surface area contributed by atoms with Gasteiger partial charge < -0.3 is 30.1 Å². The summed E-state index contributed by atoms with van der Waals surface area (Å²) in [6.07, 6.45) is 4.13. The molecule has 0 radical (unpaired) electrons. The molecule has 2 aliphatic rings. The molecule has 1 saturated carbocycles. The number of likely N-dealkylation sites (tertiary alicyclic amines) is 1. The molecule has 6 rings (SSSR count). The number of ketones is 1. The number of hydrogen-bond donors (Lipinski definition) is 3. The Morgan fingerprint density at radius 2 is 1.65 bits per heavy atom. The number of amides is 3. The van der Waals surface area contributed by atoms with Crippen molar-refractivity contribution < 1.29 is 33.8 Å². The van der Waals surface area contributed by atoms with E-state index in [-0.39, 0.29) is 66.6 Å². The van der Waals surface area contributed by atoms with Crippen molar-refractivity contribution in [1.82, 2.24) is 20.5 Å². The standard InChI is InChI=1S/C52H64ClN5O7S/c1-32(2)46(49(63)58-29-39(59)24-42(58)48(62)55-28-35-15-19-37(20-16-35)47-33(3)56-31-66-47)57-45(61)30-64-23-11-9-8-10-12-34-13-17-36(18-14-34)43(60)26-44-51(4,5)50(52(44,6)7)65-40-22-21-38(27-54)41(53)25-40/h13-22,25,31-32,39,42,44,46,50,59H,8-12,23-24,26,28-30H2,1-7H3,(H,55,62)(H,57,61)/t39-,42?,44?,46+,50?/m1/s1. The Morgan fingerprint density at radius 1 is 0.970 bits per heavy atom. The number of Topliss-reactive ketones (excluding diaryl/α,β-unsaturated/α-hetero) is 1. The normalized spacial score (nSPS) is 20.0. The second kappa shape index (κ2) is 22.1. The highest BCUT2D eigenvalue weighted by molar-refractivity contribution is 7.13. The smallest absolute Gasteiger partial charge is 0.246 e. The average Bonchev–Trinajstić information content (AvgIpc) is 3.91. The van der Waals surface area contributed by atoms with E-state index in [4.69, 9.17) is 21.1 Å². The van der Waals surface area contributed by atoms with Gasteiger partial charge in [0.1, 0.15) is 36.6 Å². The summed E-state index contributed by atoms with van der Waals surface area (Å²) in [4.78, 5) is 60.4. The maximum atomic E-state index is 13.8. The average molecular weight is 939 g/mol. The zero-order valence-electron chi connectivity index (χ0n) is 39.2. The van der Waals surface area contributed by atoms with E-state index in [1.54, 1.807) is 29.5 Å². The third-order valence-corrected chi connectivity index (χ3v) is 14.7. The lowest BCUT2D eigenvalue weighted by atomic mass is 9.44.